The van der Waals surface area contributed by atoms with Crippen molar-refractivity contribution in [2.75, 3.05) is 20.3 Å². The van der Waals surface area contributed by atoms with E-state index in [-0.39, 0.29) is 13.2 Å². The number of benzene rings is 1. The van der Waals surface area contributed by atoms with Gasteiger partial charge in [0.1, 0.15) is 10.7 Å². The van der Waals surface area contributed by atoms with Gasteiger partial charge < -0.3 is 4.74 Å². The fourth-order valence-electron chi connectivity index (χ4n) is 1.10. The number of rotatable bonds is 7. The number of nitrogens with one attached hydrogen (secondary N) is 1. The van der Waals surface area contributed by atoms with Gasteiger partial charge in [-0.05, 0) is 6.07 Å². The highest BCUT2D eigenvalue weighted by Gasteiger charge is 2.22. The zero-order valence-electron chi connectivity index (χ0n) is 9.83. The smallest absolute Gasteiger partial charge is 0.270 e. The van der Waals surface area contributed by atoms with E-state index in [1.54, 1.807) is 4.89 Å². The van der Waals surface area contributed by atoms with Gasteiger partial charge in [-0.2, -0.15) is 0 Å². The van der Waals surface area contributed by atoms with Crippen LogP contribution in [0.5, 0.6) is 0 Å². The minimum atomic E-state index is -4.33. The monoisotopic (exact) mass is 294 g/mol. The van der Waals surface area contributed by atoms with Gasteiger partial charge in [0.15, 0.2) is 0 Å². The lowest BCUT2D eigenvalue weighted by Crippen LogP contribution is -2.26. The summed E-state index contributed by atoms with van der Waals surface area (Å²) in [7, 11) is -2.95. The molecule has 0 atom stereocenters. The van der Waals surface area contributed by atoms with E-state index in [4.69, 9.17) is 0 Å². The Labute approximate surface area is 108 Å². The van der Waals surface area contributed by atoms with Gasteiger partial charge in [0.2, 0.25) is 0 Å². The molecule has 8 nitrogen and oxygen atoms in total. The Morgan fingerprint density at radius 2 is 2.11 bits per heavy atom. The number of halogens is 1. The Hall–Kier alpha value is -1.62. The third-order valence-electron chi connectivity index (χ3n) is 1.97. The van der Waals surface area contributed by atoms with Crippen LogP contribution >= 0.6 is 0 Å². The predicted octanol–water partition coefficient (Wildman–Crippen LogP) is 0.590. The van der Waals surface area contributed by atoms with E-state index >= 15 is 0 Å². The molecule has 0 aliphatic heterocycles. The molecule has 0 spiro atoms. The maximum Gasteiger partial charge on any atom is 0.270 e. The Kier molecular flexibility index (Phi) is 5.30. The summed E-state index contributed by atoms with van der Waals surface area (Å²) in [5.74, 6) is -1.12. The van der Waals surface area contributed by atoms with Crippen LogP contribution in [0.4, 0.5) is 10.1 Å². The number of ether oxygens (including phenoxy) is 1. The van der Waals surface area contributed by atoms with Crippen molar-refractivity contribution >= 4 is 15.7 Å². The molecule has 1 aromatic carbocycles. The molecule has 0 heterocycles. The number of hydrogen-bond donors (Lipinski definition) is 1. The third kappa shape index (κ3) is 4.21. The molecule has 0 fully saturated rings. The molecule has 1 N–H and O–H groups in total. The lowest BCUT2D eigenvalue weighted by Gasteiger charge is -2.07. The van der Waals surface area contributed by atoms with Crippen LogP contribution in [-0.2, 0) is 19.6 Å². The fraction of sp³-hybridized carbons (Fsp3) is 0.333. The quantitative estimate of drug-likeness (QED) is 0.448. The summed E-state index contributed by atoms with van der Waals surface area (Å²) in [6, 6.07) is 2.17. The first-order valence-electron chi connectivity index (χ1n) is 4.95. The van der Waals surface area contributed by atoms with Crippen molar-refractivity contribution in [3.8, 4) is 0 Å². The molecule has 0 amide bonds. The first kappa shape index (κ1) is 15.4. The Bertz CT molecular complexity index is 562. The van der Waals surface area contributed by atoms with Gasteiger partial charge in [-0.15, -0.1) is 0 Å². The molecule has 0 aromatic heterocycles. The van der Waals surface area contributed by atoms with Crippen molar-refractivity contribution in [3.63, 3.8) is 0 Å². The SMILES string of the molecule is COCCONS(=O)(=O)c1cc([N+](=O)[O-])ccc1F. The molecule has 106 valence electrons. The summed E-state index contributed by atoms with van der Waals surface area (Å²) in [6.45, 7) is 0.0339. The average molecular weight is 294 g/mol. The molecule has 0 aliphatic carbocycles. The number of non-ortho nitro benzene ring substituents is 1. The molecule has 0 saturated carbocycles. The van der Waals surface area contributed by atoms with Gasteiger partial charge in [0.25, 0.3) is 15.7 Å². The topological polar surface area (TPSA) is 108 Å². The molecular weight excluding hydrogens is 283 g/mol. The number of hydrogen-bond acceptors (Lipinski definition) is 6. The second kappa shape index (κ2) is 6.52. The normalized spacial score (nSPS) is 11.5. The Morgan fingerprint density at radius 1 is 1.42 bits per heavy atom. The Morgan fingerprint density at radius 3 is 2.68 bits per heavy atom. The van der Waals surface area contributed by atoms with Crippen LogP contribution in [0.1, 0.15) is 0 Å². The molecule has 0 unspecified atom stereocenters. The highest BCUT2D eigenvalue weighted by Crippen LogP contribution is 2.20. The summed E-state index contributed by atoms with van der Waals surface area (Å²) >= 11 is 0. The van der Waals surface area contributed by atoms with Crippen molar-refractivity contribution < 1.29 is 27.3 Å². The molecule has 1 rings (SSSR count). The highest BCUT2D eigenvalue weighted by molar-refractivity contribution is 7.89. The summed E-state index contributed by atoms with van der Waals surface area (Å²) in [5.41, 5.74) is -0.543. The van der Waals surface area contributed by atoms with Crippen molar-refractivity contribution in [2.45, 2.75) is 4.90 Å². The molecule has 10 heteroatoms. The molecule has 0 saturated heterocycles. The lowest BCUT2D eigenvalue weighted by atomic mass is 10.3. The van der Waals surface area contributed by atoms with Crippen LogP contribution in [-0.4, -0.2) is 33.7 Å². The number of nitrogens with zero attached hydrogens (tertiary/aromatic N) is 1. The van der Waals surface area contributed by atoms with E-state index in [1.165, 1.54) is 7.11 Å². The van der Waals surface area contributed by atoms with Crippen LogP contribution in [0.2, 0.25) is 0 Å². The third-order valence-corrected chi connectivity index (χ3v) is 3.20. The number of methoxy groups -OCH3 is 1. The second-order valence-corrected chi connectivity index (χ2v) is 4.91. The fourth-order valence-corrected chi connectivity index (χ4v) is 2.03. The van der Waals surface area contributed by atoms with E-state index in [9.17, 15) is 22.9 Å². The minimum Gasteiger partial charge on any atom is -0.382 e. The number of sulfonamides is 1. The first-order valence-corrected chi connectivity index (χ1v) is 6.43. The van der Waals surface area contributed by atoms with Crippen molar-refractivity contribution in [3.05, 3.63) is 34.1 Å². The zero-order chi connectivity index (χ0) is 14.5. The number of nitro benzene ring substituents is 1. The predicted molar refractivity (Wildman–Crippen MR) is 61.2 cm³/mol. The van der Waals surface area contributed by atoms with Gasteiger partial charge in [0, 0.05) is 19.2 Å². The summed E-state index contributed by atoms with van der Waals surface area (Å²) in [6.07, 6.45) is 0. The van der Waals surface area contributed by atoms with Crippen LogP contribution < -0.4 is 4.89 Å². The lowest BCUT2D eigenvalue weighted by molar-refractivity contribution is -0.385. The summed E-state index contributed by atoms with van der Waals surface area (Å²) in [5, 5.41) is 10.5. The van der Waals surface area contributed by atoms with E-state index in [2.05, 4.69) is 9.57 Å². The molecule has 1 aromatic rings. The van der Waals surface area contributed by atoms with Crippen molar-refractivity contribution in [1.29, 1.82) is 0 Å². The van der Waals surface area contributed by atoms with Gasteiger partial charge in [-0.25, -0.2) is 12.8 Å². The molecule has 0 bridgehead atoms. The van der Waals surface area contributed by atoms with Crippen LogP contribution in [0.3, 0.4) is 0 Å². The molecule has 19 heavy (non-hydrogen) atoms. The standard InChI is InChI=1S/C9H11FN2O6S/c1-17-4-5-18-11-19(15,16)9-6-7(12(13)14)2-3-8(9)10/h2-3,6,11H,4-5H2,1H3. The minimum absolute atomic E-state index is 0.0910. The summed E-state index contributed by atoms with van der Waals surface area (Å²) in [4.78, 5) is 15.0. The highest BCUT2D eigenvalue weighted by atomic mass is 32.2. The van der Waals surface area contributed by atoms with E-state index in [0.717, 1.165) is 6.07 Å². The van der Waals surface area contributed by atoms with Crippen LogP contribution in [0.15, 0.2) is 23.1 Å². The zero-order valence-corrected chi connectivity index (χ0v) is 10.6. The van der Waals surface area contributed by atoms with Crippen LogP contribution in [0.25, 0.3) is 0 Å². The van der Waals surface area contributed by atoms with Gasteiger partial charge in [-0.1, -0.05) is 4.89 Å². The van der Waals surface area contributed by atoms with E-state index in [0.29, 0.717) is 12.1 Å². The Balaban J connectivity index is 2.94. The first-order chi connectivity index (χ1) is 8.88. The van der Waals surface area contributed by atoms with Gasteiger partial charge >= 0.3 is 0 Å². The van der Waals surface area contributed by atoms with E-state index in [1.807, 2.05) is 0 Å². The summed E-state index contributed by atoms with van der Waals surface area (Å²) < 4.78 is 41.3. The largest absolute Gasteiger partial charge is 0.382 e. The second-order valence-electron chi connectivity index (χ2n) is 3.30. The van der Waals surface area contributed by atoms with Crippen LogP contribution in [0, 0.1) is 15.9 Å². The molecular formula is C9H11FN2O6S. The maximum atomic E-state index is 13.4. The van der Waals surface area contributed by atoms with Gasteiger partial charge in [0.05, 0.1) is 18.1 Å². The van der Waals surface area contributed by atoms with E-state index < -0.39 is 31.3 Å². The van der Waals surface area contributed by atoms with Crippen molar-refractivity contribution in [2.24, 2.45) is 0 Å². The maximum absolute atomic E-state index is 13.4. The number of nitro groups is 1. The molecule has 0 radical (unpaired) electrons. The van der Waals surface area contributed by atoms with Crippen molar-refractivity contribution in [1.82, 2.24) is 4.89 Å². The average Bonchev–Trinajstić information content (AvgIpc) is 2.34. The molecule has 0 aliphatic rings. The van der Waals surface area contributed by atoms with Gasteiger partial charge in [-0.3, -0.25) is 15.0 Å².